The molecule has 2 rings (SSSR count). The van der Waals surface area contributed by atoms with Crippen LogP contribution in [0, 0.1) is 5.92 Å². The number of morpholine rings is 1. The average molecular weight is 254 g/mol. The highest BCUT2D eigenvalue weighted by Crippen LogP contribution is 2.22. The molecule has 106 valence electrons. The van der Waals surface area contributed by atoms with Crippen molar-refractivity contribution in [2.45, 2.75) is 64.6 Å². The van der Waals surface area contributed by atoms with Crippen LogP contribution in [0.1, 0.15) is 46.5 Å². The van der Waals surface area contributed by atoms with Crippen LogP contribution in [0.3, 0.4) is 0 Å². The van der Waals surface area contributed by atoms with Crippen molar-refractivity contribution >= 4 is 0 Å². The van der Waals surface area contributed by atoms with E-state index in [9.17, 15) is 0 Å². The van der Waals surface area contributed by atoms with Crippen LogP contribution in [-0.4, -0.2) is 49.3 Å². The third kappa shape index (κ3) is 3.69. The van der Waals surface area contributed by atoms with Crippen LogP contribution in [0.4, 0.5) is 0 Å². The molecule has 4 atom stereocenters. The Hall–Kier alpha value is -0.120. The number of nitrogens with one attached hydrogen (secondary N) is 1. The third-order valence-electron chi connectivity index (χ3n) is 4.69. The predicted molar refractivity (Wildman–Crippen MR) is 75.9 cm³/mol. The van der Waals surface area contributed by atoms with Gasteiger partial charge in [0.05, 0.1) is 12.7 Å². The standard InChI is InChI=1S/C15H30N2O/c1-4-13-6-7-16-14(8-13)10-17-9-12(3)18-11-15(17)5-2/h12-16H,4-11H2,1-3H3. The van der Waals surface area contributed by atoms with Gasteiger partial charge in [0.15, 0.2) is 0 Å². The summed E-state index contributed by atoms with van der Waals surface area (Å²) >= 11 is 0. The lowest BCUT2D eigenvalue weighted by Gasteiger charge is -2.41. The molecule has 18 heavy (non-hydrogen) atoms. The minimum absolute atomic E-state index is 0.401. The number of ether oxygens (including phenoxy) is 1. The lowest BCUT2D eigenvalue weighted by molar-refractivity contribution is -0.0598. The summed E-state index contributed by atoms with van der Waals surface area (Å²) in [4.78, 5) is 2.66. The van der Waals surface area contributed by atoms with Gasteiger partial charge in [-0.05, 0) is 38.6 Å². The lowest BCUT2D eigenvalue weighted by atomic mass is 9.90. The Balaban J connectivity index is 1.85. The molecule has 0 aromatic rings. The fourth-order valence-corrected chi connectivity index (χ4v) is 3.40. The molecule has 0 saturated carbocycles. The second kappa shape index (κ2) is 6.88. The van der Waals surface area contributed by atoms with Crippen molar-refractivity contribution in [1.82, 2.24) is 10.2 Å². The first kappa shape index (κ1) is 14.3. The molecular formula is C15H30N2O. The molecule has 3 nitrogen and oxygen atoms in total. The van der Waals surface area contributed by atoms with Crippen molar-refractivity contribution in [2.75, 3.05) is 26.2 Å². The van der Waals surface area contributed by atoms with E-state index in [0.29, 0.717) is 18.2 Å². The Bertz CT molecular complexity index is 247. The Labute approximate surface area is 112 Å². The van der Waals surface area contributed by atoms with Gasteiger partial charge < -0.3 is 10.1 Å². The molecule has 0 aromatic heterocycles. The van der Waals surface area contributed by atoms with E-state index in [2.05, 4.69) is 31.0 Å². The van der Waals surface area contributed by atoms with Gasteiger partial charge in [-0.15, -0.1) is 0 Å². The van der Waals surface area contributed by atoms with Gasteiger partial charge in [0.2, 0.25) is 0 Å². The van der Waals surface area contributed by atoms with E-state index in [-0.39, 0.29) is 0 Å². The van der Waals surface area contributed by atoms with Crippen LogP contribution >= 0.6 is 0 Å². The molecule has 0 aliphatic carbocycles. The molecule has 3 heteroatoms. The SMILES string of the molecule is CCC1CCNC(CN2CC(C)OCC2CC)C1. The zero-order valence-corrected chi connectivity index (χ0v) is 12.3. The highest BCUT2D eigenvalue weighted by molar-refractivity contribution is 4.85. The van der Waals surface area contributed by atoms with Crippen LogP contribution in [-0.2, 0) is 4.74 Å². The smallest absolute Gasteiger partial charge is 0.0674 e. The molecule has 2 heterocycles. The summed E-state index contributed by atoms with van der Waals surface area (Å²) in [5.41, 5.74) is 0. The molecule has 0 spiro atoms. The van der Waals surface area contributed by atoms with Crippen molar-refractivity contribution in [3.63, 3.8) is 0 Å². The normalized spacial score (nSPS) is 38.8. The fourth-order valence-electron chi connectivity index (χ4n) is 3.40. The van der Waals surface area contributed by atoms with Crippen molar-refractivity contribution < 1.29 is 4.74 Å². The molecular weight excluding hydrogens is 224 g/mol. The van der Waals surface area contributed by atoms with Crippen LogP contribution in [0.5, 0.6) is 0 Å². The van der Waals surface area contributed by atoms with Crippen molar-refractivity contribution in [3.05, 3.63) is 0 Å². The summed E-state index contributed by atoms with van der Waals surface area (Å²) in [5, 5.41) is 3.71. The van der Waals surface area contributed by atoms with E-state index in [4.69, 9.17) is 4.74 Å². The summed E-state index contributed by atoms with van der Waals surface area (Å²) in [6.07, 6.45) is 5.67. The van der Waals surface area contributed by atoms with Crippen LogP contribution in [0.2, 0.25) is 0 Å². The van der Waals surface area contributed by atoms with Gasteiger partial charge in [-0.1, -0.05) is 20.3 Å². The molecule has 2 aliphatic rings. The van der Waals surface area contributed by atoms with Crippen LogP contribution < -0.4 is 5.32 Å². The van der Waals surface area contributed by atoms with E-state index < -0.39 is 0 Å². The highest BCUT2D eigenvalue weighted by atomic mass is 16.5. The maximum atomic E-state index is 5.78. The molecule has 2 saturated heterocycles. The third-order valence-corrected chi connectivity index (χ3v) is 4.69. The summed E-state index contributed by atoms with van der Waals surface area (Å²) in [6.45, 7) is 11.2. The van der Waals surface area contributed by atoms with E-state index in [1.165, 1.54) is 38.8 Å². The second-order valence-corrected chi connectivity index (χ2v) is 6.11. The molecule has 0 radical (unpaired) electrons. The molecule has 2 fully saturated rings. The largest absolute Gasteiger partial charge is 0.376 e. The number of hydrogen-bond donors (Lipinski definition) is 1. The summed E-state index contributed by atoms with van der Waals surface area (Å²) in [7, 11) is 0. The monoisotopic (exact) mass is 254 g/mol. The van der Waals surface area contributed by atoms with E-state index in [1.807, 2.05) is 0 Å². The molecule has 0 bridgehead atoms. The molecule has 0 amide bonds. The zero-order chi connectivity index (χ0) is 13.0. The minimum Gasteiger partial charge on any atom is -0.376 e. The van der Waals surface area contributed by atoms with Gasteiger partial charge in [0.25, 0.3) is 0 Å². The first-order valence-electron chi connectivity index (χ1n) is 7.81. The summed E-state index contributed by atoms with van der Waals surface area (Å²) in [5.74, 6) is 0.940. The van der Waals surface area contributed by atoms with Crippen molar-refractivity contribution in [2.24, 2.45) is 5.92 Å². The van der Waals surface area contributed by atoms with Gasteiger partial charge in [-0.25, -0.2) is 0 Å². The maximum Gasteiger partial charge on any atom is 0.0674 e. The number of rotatable bonds is 4. The number of piperidine rings is 1. The van der Waals surface area contributed by atoms with Gasteiger partial charge in [0, 0.05) is 25.2 Å². The van der Waals surface area contributed by atoms with Crippen molar-refractivity contribution in [3.8, 4) is 0 Å². The minimum atomic E-state index is 0.401. The van der Waals surface area contributed by atoms with Gasteiger partial charge in [-0.2, -0.15) is 0 Å². The first-order chi connectivity index (χ1) is 8.72. The average Bonchev–Trinajstić information content (AvgIpc) is 2.39. The van der Waals surface area contributed by atoms with Crippen LogP contribution in [0.25, 0.3) is 0 Å². The van der Waals surface area contributed by atoms with Gasteiger partial charge >= 0.3 is 0 Å². The first-order valence-corrected chi connectivity index (χ1v) is 7.81. The Morgan fingerprint density at radius 2 is 2.11 bits per heavy atom. The zero-order valence-electron chi connectivity index (χ0n) is 12.3. The molecule has 1 N–H and O–H groups in total. The van der Waals surface area contributed by atoms with E-state index in [0.717, 1.165) is 19.1 Å². The molecule has 4 unspecified atom stereocenters. The molecule has 2 aliphatic heterocycles. The summed E-state index contributed by atoms with van der Waals surface area (Å²) in [6, 6.07) is 1.33. The Morgan fingerprint density at radius 3 is 2.83 bits per heavy atom. The Morgan fingerprint density at radius 1 is 1.28 bits per heavy atom. The quantitative estimate of drug-likeness (QED) is 0.833. The number of nitrogens with zero attached hydrogens (tertiary/aromatic N) is 1. The highest BCUT2D eigenvalue weighted by Gasteiger charge is 2.29. The Kier molecular flexibility index (Phi) is 5.46. The summed E-state index contributed by atoms with van der Waals surface area (Å²) < 4.78 is 5.78. The second-order valence-electron chi connectivity index (χ2n) is 6.11. The van der Waals surface area contributed by atoms with Crippen LogP contribution in [0.15, 0.2) is 0 Å². The fraction of sp³-hybridized carbons (Fsp3) is 1.00. The van der Waals surface area contributed by atoms with Crippen molar-refractivity contribution in [1.29, 1.82) is 0 Å². The topological polar surface area (TPSA) is 24.5 Å². The van der Waals surface area contributed by atoms with Gasteiger partial charge in [0.1, 0.15) is 0 Å². The predicted octanol–water partition coefficient (Wildman–Crippen LogP) is 2.26. The molecule has 0 aromatic carbocycles. The van der Waals surface area contributed by atoms with Gasteiger partial charge in [-0.3, -0.25) is 4.90 Å². The number of hydrogen-bond acceptors (Lipinski definition) is 3. The lowest BCUT2D eigenvalue weighted by Crippen LogP contribution is -2.54. The maximum absolute atomic E-state index is 5.78. The van der Waals surface area contributed by atoms with E-state index in [1.54, 1.807) is 0 Å². The van der Waals surface area contributed by atoms with E-state index >= 15 is 0 Å².